The van der Waals surface area contributed by atoms with E-state index >= 15 is 4.39 Å². The second kappa shape index (κ2) is 9.15. The Hall–Kier alpha value is -3.55. The van der Waals surface area contributed by atoms with Crippen molar-refractivity contribution in [2.45, 2.75) is 24.0 Å². The number of benzene rings is 1. The van der Waals surface area contributed by atoms with E-state index in [4.69, 9.17) is 16.3 Å². The molecule has 0 amide bonds. The van der Waals surface area contributed by atoms with Crippen LogP contribution in [-0.2, 0) is 23.1 Å². The molecular formula is C22H20ClF2N7O3S. The van der Waals surface area contributed by atoms with Gasteiger partial charge in [0, 0.05) is 37.2 Å². The van der Waals surface area contributed by atoms with Crippen LogP contribution in [-0.4, -0.2) is 52.0 Å². The molecule has 0 radical (unpaired) electrons. The van der Waals surface area contributed by atoms with Crippen LogP contribution in [0.4, 0.5) is 14.5 Å². The maximum absolute atomic E-state index is 15.7. The predicted molar refractivity (Wildman–Crippen MR) is 127 cm³/mol. The first-order chi connectivity index (χ1) is 17.2. The van der Waals surface area contributed by atoms with Crippen LogP contribution in [0.15, 0.2) is 48.0 Å². The van der Waals surface area contributed by atoms with Gasteiger partial charge in [-0.15, -0.1) is 0 Å². The molecule has 0 saturated carbocycles. The van der Waals surface area contributed by atoms with Gasteiger partial charge in [0.25, 0.3) is 10.0 Å². The molecule has 0 aliphatic carbocycles. The quantitative estimate of drug-likeness (QED) is 0.387. The number of ether oxygens (including phenoxy) is 1. The lowest BCUT2D eigenvalue weighted by Gasteiger charge is -2.34. The highest BCUT2D eigenvalue weighted by Crippen LogP contribution is 2.37. The summed E-state index contributed by atoms with van der Waals surface area (Å²) in [6.07, 6.45) is 6.11. The third kappa shape index (κ3) is 4.18. The molecule has 3 aromatic heterocycles. The highest BCUT2D eigenvalue weighted by atomic mass is 35.5. The summed E-state index contributed by atoms with van der Waals surface area (Å²) in [7, 11) is -1.40. The Labute approximate surface area is 210 Å². The molecule has 0 unspecified atom stereocenters. The van der Waals surface area contributed by atoms with Crippen molar-refractivity contribution in [3.05, 3.63) is 71.0 Å². The number of aromatic nitrogens is 5. The third-order valence-electron chi connectivity index (χ3n) is 5.94. The van der Waals surface area contributed by atoms with E-state index in [2.05, 4.69) is 24.7 Å². The summed E-state index contributed by atoms with van der Waals surface area (Å²) in [5.41, 5.74) is 0.793. The van der Waals surface area contributed by atoms with Crippen LogP contribution < -0.4 is 9.46 Å². The zero-order chi connectivity index (χ0) is 25.6. The highest BCUT2D eigenvalue weighted by molar-refractivity contribution is 7.92. The Kier molecular flexibility index (Phi) is 6.14. The molecule has 4 aromatic rings. The molecule has 1 atom stereocenters. The first-order valence-electron chi connectivity index (χ1n) is 10.6. The minimum Gasteiger partial charge on any atom is -0.480 e. The van der Waals surface area contributed by atoms with Gasteiger partial charge in [0.1, 0.15) is 11.5 Å². The van der Waals surface area contributed by atoms with E-state index in [0.717, 1.165) is 23.9 Å². The lowest BCUT2D eigenvalue weighted by Crippen LogP contribution is -2.35. The van der Waals surface area contributed by atoms with Gasteiger partial charge in [-0.05, 0) is 25.2 Å². The largest absolute Gasteiger partial charge is 0.480 e. The number of likely N-dealkylation sites (N-methyl/N-ethyl adjacent to an activating group) is 1. The average molecular weight is 536 g/mol. The highest BCUT2D eigenvalue weighted by Gasteiger charge is 2.33. The predicted octanol–water partition coefficient (Wildman–Crippen LogP) is 3.60. The minimum atomic E-state index is -4.37. The van der Waals surface area contributed by atoms with Crippen molar-refractivity contribution in [1.82, 2.24) is 29.4 Å². The van der Waals surface area contributed by atoms with Crippen molar-refractivity contribution in [1.29, 1.82) is 0 Å². The van der Waals surface area contributed by atoms with Crippen LogP contribution in [0.3, 0.4) is 0 Å². The second-order valence-corrected chi connectivity index (χ2v) is 10.2. The number of hydrogen-bond acceptors (Lipinski definition) is 7. The number of H-pyrrole nitrogens is 1. The fourth-order valence-electron chi connectivity index (χ4n) is 4.21. The van der Waals surface area contributed by atoms with Crippen LogP contribution >= 0.6 is 11.6 Å². The van der Waals surface area contributed by atoms with E-state index in [1.54, 1.807) is 35.2 Å². The first-order valence-corrected chi connectivity index (χ1v) is 12.5. The number of methoxy groups -OCH3 is 1. The van der Waals surface area contributed by atoms with E-state index in [-0.39, 0.29) is 27.9 Å². The molecule has 1 aromatic carbocycles. The SMILES string of the molecule is COc1ncc(Cl)cc1S(=O)(=O)Nc1ccc(F)c([C@H]2Cn3cnc(-c4ncc[nH]4)c3CN2C)c1F. The van der Waals surface area contributed by atoms with Crippen LogP contribution in [0, 0.1) is 11.6 Å². The molecule has 2 N–H and O–H groups in total. The van der Waals surface area contributed by atoms with Crippen molar-refractivity contribution in [2.75, 3.05) is 18.9 Å². The zero-order valence-electron chi connectivity index (χ0n) is 19.0. The number of fused-ring (bicyclic) bond motifs is 1. The summed E-state index contributed by atoms with van der Waals surface area (Å²) < 4.78 is 65.7. The van der Waals surface area contributed by atoms with E-state index < -0.39 is 33.4 Å². The monoisotopic (exact) mass is 535 g/mol. The van der Waals surface area contributed by atoms with Gasteiger partial charge in [0.2, 0.25) is 5.88 Å². The number of halogens is 3. The summed E-state index contributed by atoms with van der Waals surface area (Å²) in [5, 5.41) is 0.0466. The molecule has 188 valence electrons. The van der Waals surface area contributed by atoms with E-state index in [1.807, 2.05) is 0 Å². The summed E-state index contributed by atoms with van der Waals surface area (Å²) in [5.74, 6) is -1.46. The van der Waals surface area contributed by atoms with Crippen LogP contribution in [0.2, 0.25) is 5.02 Å². The molecule has 0 saturated heterocycles. The van der Waals surface area contributed by atoms with E-state index in [1.165, 1.54) is 13.3 Å². The number of hydrogen-bond donors (Lipinski definition) is 2. The van der Waals surface area contributed by atoms with Gasteiger partial charge in [0.15, 0.2) is 16.5 Å². The van der Waals surface area contributed by atoms with Crippen molar-refractivity contribution in [3.8, 4) is 17.4 Å². The fourth-order valence-corrected chi connectivity index (χ4v) is 5.64. The van der Waals surface area contributed by atoms with Gasteiger partial charge in [-0.25, -0.2) is 32.2 Å². The summed E-state index contributed by atoms with van der Waals surface area (Å²) in [6, 6.07) is 2.44. The van der Waals surface area contributed by atoms with Gasteiger partial charge in [-0.3, -0.25) is 9.62 Å². The first kappa shape index (κ1) is 24.2. The number of anilines is 1. The van der Waals surface area contributed by atoms with Crippen LogP contribution in [0.5, 0.6) is 5.88 Å². The Balaban J connectivity index is 1.50. The molecular weight excluding hydrogens is 516 g/mol. The van der Waals surface area contributed by atoms with Crippen LogP contribution in [0.25, 0.3) is 11.5 Å². The molecule has 14 heteroatoms. The third-order valence-corrected chi connectivity index (χ3v) is 7.51. The molecule has 1 aliphatic rings. The van der Waals surface area contributed by atoms with Gasteiger partial charge < -0.3 is 14.3 Å². The lowest BCUT2D eigenvalue weighted by atomic mass is 10.0. The topological polar surface area (TPSA) is 118 Å². The average Bonchev–Trinajstić information content (AvgIpc) is 3.51. The number of aromatic amines is 1. The smallest absolute Gasteiger partial charge is 0.267 e. The molecule has 4 heterocycles. The zero-order valence-corrected chi connectivity index (χ0v) is 20.6. The Morgan fingerprint density at radius 1 is 1.25 bits per heavy atom. The van der Waals surface area contributed by atoms with E-state index in [9.17, 15) is 12.8 Å². The van der Waals surface area contributed by atoms with Gasteiger partial charge in [-0.1, -0.05) is 11.6 Å². The Bertz CT molecular complexity index is 1540. The fraction of sp³-hybridized carbons (Fsp3) is 0.227. The lowest BCUT2D eigenvalue weighted by molar-refractivity contribution is 0.171. The van der Waals surface area contributed by atoms with Gasteiger partial charge in [-0.2, -0.15) is 0 Å². The molecule has 5 rings (SSSR count). The second-order valence-electron chi connectivity index (χ2n) is 8.15. The molecule has 0 fully saturated rings. The van der Waals surface area contributed by atoms with Gasteiger partial charge in [0.05, 0.1) is 35.9 Å². The molecule has 1 aliphatic heterocycles. The normalized spacial score (nSPS) is 16.1. The molecule has 36 heavy (non-hydrogen) atoms. The van der Waals surface area contributed by atoms with E-state index in [0.29, 0.717) is 18.1 Å². The maximum Gasteiger partial charge on any atom is 0.267 e. The van der Waals surface area contributed by atoms with Crippen molar-refractivity contribution in [2.24, 2.45) is 0 Å². The minimum absolute atomic E-state index is 0.0466. The Morgan fingerprint density at radius 3 is 2.78 bits per heavy atom. The van der Waals surface area contributed by atoms with Crippen molar-refractivity contribution >= 4 is 27.3 Å². The van der Waals surface area contributed by atoms with Crippen molar-refractivity contribution in [3.63, 3.8) is 0 Å². The van der Waals surface area contributed by atoms with Gasteiger partial charge >= 0.3 is 0 Å². The molecule has 0 bridgehead atoms. The summed E-state index contributed by atoms with van der Waals surface area (Å²) in [6.45, 7) is 0.524. The summed E-state index contributed by atoms with van der Waals surface area (Å²) >= 11 is 5.90. The number of nitrogens with one attached hydrogen (secondary N) is 2. The number of imidazole rings is 2. The summed E-state index contributed by atoms with van der Waals surface area (Å²) in [4.78, 5) is 16.9. The standard InChI is InChI=1S/C22H20ClF2N7O3S/c1-31-9-16-20(21-26-5-6-27-21)29-11-32(16)10-15(31)18-13(24)3-4-14(19(18)25)30-36(33,34)17-7-12(23)8-28-22(17)35-2/h3-8,11,15,30H,9-10H2,1-2H3,(H,26,27)/t15-/m1/s1. The van der Waals surface area contributed by atoms with Crippen molar-refractivity contribution < 1.29 is 21.9 Å². The number of rotatable bonds is 6. The Morgan fingerprint density at radius 2 is 2.06 bits per heavy atom. The molecule has 10 nitrogen and oxygen atoms in total. The number of sulfonamides is 1. The number of pyridine rings is 1. The van der Waals surface area contributed by atoms with Crippen LogP contribution in [0.1, 0.15) is 17.3 Å². The molecule has 0 spiro atoms. The maximum atomic E-state index is 15.7. The number of nitrogens with zero attached hydrogens (tertiary/aromatic N) is 5.